The Morgan fingerprint density at radius 1 is 1.81 bits per heavy atom. The molecule has 2 rings (SSSR count). The van der Waals surface area contributed by atoms with Crippen molar-refractivity contribution in [2.45, 2.75) is 0 Å². The molecule has 1 aromatic heterocycles. The summed E-state index contributed by atoms with van der Waals surface area (Å²) in [4.78, 5) is 15.7. The quantitative estimate of drug-likeness (QED) is 0.789. The summed E-state index contributed by atoms with van der Waals surface area (Å²) in [6.07, 6.45) is 1.60. The molecule has 86 valence electrons. The molecule has 1 aliphatic heterocycles. The van der Waals surface area contributed by atoms with Crippen molar-refractivity contribution >= 4 is 39.7 Å². The van der Waals surface area contributed by atoms with Gasteiger partial charge in [0, 0.05) is 5.75 Å². The highest BCUT2D eigenvalue weighted by atomic mass is 32.2. The van der Waals surface area contributed by atoms with E-state index < -0.39 is 0 Å². The van der Waals surface area contributed by atoms with E-state index in [1.807, 2.05) is 0 Å². The number of aliphatic imine (C=N–C) groups is 1. The van der Waals surface area contributed by atoms with Gasteiger partial charge in [0.1, 0.15) is 4.38 Å². The van der Waals surface area contributed by atoms with Crippen LogP contribution in [0.15, 0.2) is 15.7 Å². The van der Waals surface area contributed by atoms with Crippen molar-refractivity contribution in [2.24, 2.45) is 12.0 Å². The van der Waals surface area contributed by atoms with Gasteiger partial charge in [-0.05, 0) is 0 Å². The summed E-state index contributed by atoms with van der Waals surface area (Å²) in [6, 6.07) is 0. The minimum atomic E-state index is -0.114. The number of nitrogens with zero attached hydrogens (tertiary/aromatic N) is 3. The van der Waals surface area contributed by atoms with E-state index in [0.29, 0.717) is 11.6 Å². The van der Waals surface area contributed by atoms with Crippen molar-refractivity contribution in [3.05, 3.63) is 6.20 Å². The normalized spacial score (nSPS) is 14.9. The molecule has 0 spiro atoms. The molecule has 1 N–H and O–H groups in total. The Morgan fingerprint density at radius 3 is 3.31 bits per heavy atom. The van der Waals surface area contributed by atoms with Gasteiger partial charge in [0.25, 0.3) is 6.20 Å². The lowest BCUT2D eigenvalue weighted by molar-refractivity contribution is -0.739. The van der Waals surface area contributed by atoms with Crippen molar-refractivity contribution in [3.63, 3.8) is 0 Å². The zero-order valence-electron chi connectivity index (χ0n) is 8.67. The zero-order chi connectivity index (χ0) is 11.4. The summed E-state index contributed by atoms with van der Waals surface area (Å²) in [5, 5.41) is 6.21. The van der Waals surface area contributed by atoms with Crippen LogP contribution in [0.3, 0.4) is 0 Å². The summed E-state index contributed by atoms with van der Waals surface area (Å²) in [7, 11) is 1.72. The Balaban J connectivity index is 1.76. The topological polar surface area (TPSA) is 71.4 Å². The molecule has 0 bridgehead atoms. The van der Waals surface area contributed by atoms with Crippen LogP contribution in [0.2, 0.25) is 0 Å². The van der Waals surface area contributed by atoms with E-state index in [9.17, 15) is 4.79 Å². The van der Waals surface area contributed by atoms with Crippen LogP contribution in [0.4, 0.5) is 5.88 Å². The van der Waals surface area contributed by atoms with Gasteiger partial charge in [0.05, 0.1) is 12.3 Å². The van der Waals surface area contributed by atoms with E-state index >= 15 is 0 Å². The van der Waals surface area contributed by atoms with Gasteiger partial charge in [-0.2, -0.15) is 0 Å². The number of aryl methyl sites for hydroxylation is 1. The van der Waals surface area contributed by atoms with Gasteiger partial charge in [-0.25, -0.2) is 0 Å². The van der Waals surface area contributed by atoms with E-state index in [-0.39, 0.29) is 5.91 Å². The number of rotatable bonds is 3. The van der Waals surface area contributed by atoms with Crippen LogP contribution in [-0.4, -0.2) is 33.6 Å². The number of amides is 1. The number of hydrogen-bond donors (Lipinski definition) is 1. The van der Waals surface area contributed by atoms with Crippen molar-refractivity contribution in [1.29, 1.82) is 0 Å². The highest BCUT2D eigenvalue weighted by Gasteiger charge is 2.13. The fourth-order valence-electron chi connectivity index (χ4n) is 1.08. The molecule has 6 nitrogen and oxygen atoms in total. The maximum Gasteiger partial charge on any atom is 0.302 e. The Bertz CT molecular complexity index is 418. The maximum absolute atomic E-state index is 11.5. The number of aromatic nitrogens is 2. The number of hydrogen-bond acceptors (Lipinski definition) is 6. The third kappa shape index (κ3) is 3.24. The molecule has 8 heteroatoms. The Morgan fingerprint density at radius 2 is 2.69 bits per heavy atom. The average Bonchev–Trinajstić information content (AvgIpc) is 2.87. The molecular weight excluding hydrogens is 248 g/mol. The smallest absolute Gasteiger partial charge is 0.288 e. The van der Waals surface area contributed by atoms with E-state index in [2.05, 4.69) is 15.6 Å². The molecule has 0 saturated heterocycles. The largest absolute Gasteiger partial charge is 0.302 e. The average molecular weight is 259 g/mol. The fourth-order valence-corrected chi connectivity index (χ4v) is 2.89. The fraction of sp³-hybridized carbons (Fsp3) is 0.500. The minimum absolute atomic E-state index is 0.114. The van der Waals surface area contributed by atoms with Crippen LogP contribution < -0.4 is 10.00 Å². The van der Waals surface area contributed by atoms with Crippen LogP contribution in [-0.2, 0) is 11.8 Å². The molecule has 0 fully saturated rings. The first-order valence-electron chi connectivity index (χ1n) is 4.66. The summed E-state index contributed by atoms with van der Waals surface area (Å²) in [5.41, 5.74) is 0. The minimum Gasteiger partial charge on any atom is -0.288 e. The first kappa shape index (κ1) is 11.5. The zero-order valence-corrected chi connectivity index (χ0v) is 10.3. The van der Waals surface area contributed by atoms with Gasteiger partial charge in [-0.15, -0.1) is 0 Å². The van der Waals surface area contributed by atoms with Gasteiger partial charge in [-0.3, -0.25) is 19.6 Å². The summed E-state index contributed by atoms with van der Waals surface area (Å²) < 4.78 is 7.31. The SMILES string of the molecule is C[n+]1cc(NC(=O)CSC2=NCCS2)on1. The molecule has 16 heavy (non-hydrogen) atoms. The highest BCUT2D eigenvalue weighted by molar-refractivity contribution is 8.39. The molecule has 2 heterocycles. The highest BCUT2D eigenvalue weighted by Crippen LogP contribution is 2.21. The van der Waals surface area contributed by atoms with Crippen LogP contribution in [0.1, 0.15) is 0 Å². The lowest BCUT2D eigenvalue weighted by Gasteiger charge is -1.98. The summed E-state index contributed by atoms with van der Waals surface area (Å²) in [5.74, 6) is 1.60. The number of nitrogens with one attached hydrogen (secondary N) is 1. The first-order valence-corrected chi connectivity index (χ1v) is 6.64. The third-order valence-corrected chi connectivity index (χ3v) is 3.97. The Hall–Kier alpha value is -1.02. The second-order valence-electron chi connectivity index (χ2n) is 3.07. The molecule has 0 aliphatic carbocycles. The molecule has 0 atom stereocenters. The first-order chi connectivity index (χ1) is 7.74. The van der Waals surface area contributed by atoms with Gasteiger partial charge >= 0.3 is 5.88 Å². The van der Waals surface area contributed by atoms with E-state index in [0.717, 1.165) is 16.7 Å². The van der Waals surface area contributed by atoms with Gasteiger partial charge < -0.3 is 0 Å². The summed E-state index contributed by atoms with van der Waals surface area (Å²) in [6.45, 7) is 0.854. The van der Waals surface area contributed by atoms with Gasteiger partial charge in [-0.1, -0.05) is 28.2 Å². The number of anilines is 1. The second-order valence-corrected chi connectivity index (χ2v) is 5.38. The molecule has 0 radical (unpaired) electrons. The molecule has 0 unspecified atom stereocenters. The predicted octanol–water partition coefficient (Wildman–Crippen LogP) is 0.274. The third-order valence-electron chi connectivity index (χ3n) is 1.72. The summed E-state index contributed by atoms with van der Waals surface area (Å²) >= 11 is 3.14. The van der Waals surface area contributed by atoms with Crippen molar-refractivity contribution in [2.75, 3.05) is 23.4 Å². The van der Waals surface area contributed by atoms with Crippen LogP contribution >= 0.6 is 23.5 Å². The predicted molar refractivity (Wildman–Crippen MR) is 63.5 cm³/mol. The number of carbonyl (C=O) groups is 1. The number of thioether (sulfide) groups is 2. The van der Waals surface area contributed by atoms with Gasteiger partial charge in [0.15, 0.2) is 12.3 Å². The monoisotopic (exact) mass is 259 g/mol. The molecule has 1 aliphatic rings. The molecule has 1 amide bonds. The van der Waals surface area contributed by atoms with Crippen molar-refractivity contribution in [1.82, 2.24) is 5.27 Å². The molecule has 0 saturated carbocycles. The number of carbonyl (C=O) groups excluding carboxylic acids is 1. The molecular formula is C8H11N4O2S2+. The maximum atomic E-state index is 11.5. The van der Waals surface area contributed by atoms with E-state index in [1.54, 1.807) is 25.0 Å². The van der Waals surface area contributed by atoms with Crippen LogP contribution in [0.25, 0.3) is 0 Å². The van der Waals surface area contributed by atoms with Crippen LogP contribution in [0, 0.1) is 0 Å². The Labute approximate surface area is 101 Å². The molecule has 0 aromatic carbocycles. The lowest BCUT2D eigenvalue weighted by Crippen LogP contribution is -2.28. The van der Waals surface area contributed by atoms with E-state index in [4.69, 9.17) is 4.52 Å². The Kier molecular flexibility index (Phi) is 3.83. The van der Waals surface area contributed by atoms with Crippen LogP contribution in [0.5, 0.6) is 0 Å². The lowest BCUT2D eigenvalue weighted by atomic mass is 10.6. The van der Waals surface area contributed by atoms with E-state index in [1.165, 1.54) is 16.4 Å². The second kappa shape index (κ2) is 5.35. The molecule has 1 aromatic rings. The van der Waals surface area contributed by atoms with Crippen molar-refractivity contribution in [3.8, 4) is 0 Å². The standard InChI is InChI=1S/C8H10N4O2S2/c1-12-4-7(14-11-12)10-6(13)5-16-8-9-2-3-15-8/h4H,2-3,5H2,1H3/p+1. The van der Waals surface area contributed by atoms with Crippen molar-refractivity contribution < 1.29 is 14.0 Å². The van der Waals surface area contributed by atoms with Gasteiger partial charge in [0.2, 0.25) is 5.91 Å².